The van der Waals surface area contributed by atoms with Crippen molar-refractivity contribution >= 4 is 13.7 Å². The number of rotatable bonds is 46. The van der Waals surface area contributed by atoms with Crippen LogP contribution in [-0.4, -0.2) is 73.4 Å². The van der Waals surface area contributed by atoms with Crippen molar-refractivity contribution in [1.82, 2.24) is 5.32 Å². The van der Waals surface area contributed by atoms with Crippen molar-refractivity contribution in [2.45, 2.75) is 212 Å². The van der Waals surface area contributed by atoms with Gasteiger partial charge in [-0.25, -0.2) is 4.57 Å². The fraction of sp³-hybridized carbons (Fsp3) is 0.696. The first kappa shape index (κ1) is 62.4. The molecule has 0 fully saturated rings. The maximum atomic E-state index is 12.9. The van der Waals surface area contributed by atoms with Crippen LogP contribution in [0.1, 0.15) is 200 Å². The summed E-state index contributed by atoms with van der Waals surface area (Å²) in [4.78, 5) is 23.2. The molecule has 0 aromatic carbocycles. The summed E-state index contributed by atoms with van der Waals surface area (Å²) < 4.78 is 23.6. The van der Waals surface area contributed by atoms with Gasteiger partial charge >= 0.3 is 7.82 Å². The Bertz CT molecular complexity index is 1370. The molecule has 0 saturated heterocycles. The normalized spacial score (nSPS) is 14.9. The van der Waals surface area contributed by atoms with E-state index in [2.05, 4.69) is 104 Å². The highest BCUT2D eigenvalue weighted by molar-refractivity contribution is 7.47. The number of quaternary nitrogens is 1. The minimum atomic E-state index is -4.36. The maximum Gasteiger partial charge on any atom is 0.472 e. The van der Waals surface area contributed by atoms with Gasteiger partial charge in [0, 0.05) is 6.42 Å². The van der Waals surface area contributed by atoms with E-state index in [1.807, 2.05) is 27.2 Å². The Kier molecular flexibility index (Phi) is 44.7. The van der Waals surface area contributed by atoms with Gasteiger partial charge in [-0.3, -0.25) is 13.8 Å². The molecule has 374 valence electrons. The van der Waals surface area contributed by atoms with Crippen molar-refractivity contribution in [1.29, 1.82) is 0 Å². The topological polar surface area (TPSA) is 105 Å². The smallest absolute Gasteiger partial charge is 0.387 e. The van der Waals surface area contributed by atoms with Gasteiger partial charge in [-0.05, 0) is 89.9 Å². The Balaban J connectivity index is 4.23. The van der Waals surface area contributed by atoms with E-state index in [4.69, 9.17) is 9.05 Å². The van der Waals surface area contributed by atoms with E-state index in [-0.39, 0.29) is 19.1 Å². The molecule has 3 atom stereocenters. The molecule has 0 aliphatic rings. The highest BCUT2D eigenvalue weighted by Crippen LogP contribution is 2.43. The van der Waals surface area contributed by atoms with Crippen molar-refractivity contribution in [3.05, 3.63) is 97.2 Å². The third-order valence-corrected chi connectivity index (χ3v) is 12.0. The molecule has 0 aromatic heterocycles. The third kappa shape index (κ3) is 49.2. The van der Waals surface area contributed by atoms with Crippen molar-refractivity contribution in [3.8, 4) is 0 Å². The number of carbonyl (C=O) groups is 1. The summed E-state index contributed by atoms with van der Waals surface area (Å²) in [6, 6.07) is -0.875. The summed E-state index contributed by atoms with van der Waals surface area (Å²) in [7, 11) is 1.53. The molecule has 9 heteroatoms. The van der Waals surface area contributed by atoms with E-state index >= 15 is 0 Å². The lowest BCUT2D eigenvalue weighted by atomic mass is 10.0. The first-order valence-electron chi connectivity index (χ1n) is 26.1. The molecule has 0 aliphatic heterocycles. The van der Waals surface area contributed by atoms with Crippen LogP contribution in [0.15, 0.2) is 97.2 Å². The highest BCUT2D eigenvalue weighted by atomic mass is 31.2. The van der Waals surface area contributed by atoms with Crippen LogP contribution >= 0.6 is 7.82 Å². The van der Waals surface area contributed by atoms with Gasteiger partial charge in [0.2, 0.25) is 5.91 Å². The van der Waals surface area contributed by atoms with E-state index in [9.17, 15) is 19.4 Å². The Morgan fingerprint density at radius 2 is 0.938 bits per heavy atom. The van der Waals surface area contributed by atoms with E-state index in [0.717, 1.165) is 77.0 Å². The Labute approximate surface area is 400 Å². The molecule has 0 heterocycles. The summed E-state index contributed by atoms with van der Waals surface area (Å²) in [5.41, 5.74) is 0. The number of unbranched alkanes of at least 4 members (excludes halogenated alkanes) is 19. The second-order valence-electron chi connectivity index (χ2n) is 18.5. The number of phosphoric ester groups is 1. The lowest BCUT2D eigenvalue weighted by Crippen LogP contribution is -2.45. The van der Waals surface area contributed by atoms with Gasteiger partial charge in [0.1, 0.15) is 13.2 Å². The van der Waals surface area contributed by atoms with Crippen LogP contribution in [0.25, 0.3) is 0 Å². The molecule has 0 radical (unpaired) electrons. The number of likely N-dealkylation sites (N-methyl/N-ethyl adjacent to an activating group) is 1. The monoisotopic (exact) mass is 928 g/mol. The number of nitrogens with one attached hydrogen (secondary N) is 1. The minimum Gasteiger partial charge on any atom is -0.387 e. The number of aliphatic hydroxyl groups is 1. The number of aliphatic hydroxyl groups excluding tert-OH is 1. The summed E-state index contributed by atoms with van der Waals surface area (Å²) in [5, 5.41) is 13.8. The van der Waals surface area contributed by atoms with Gasteiger partial charge < -0.3 is 19.8 Å². The number of amides is 1. The average molecular weight is 928 g/mol. The predicted octanol–water partition coefficient (Wildman–Crippen LogP) is 15.5. The molecule has 0 aromatic rings. The van der Waals surface area contributed by atoms with E-state index in [1.54, 1.807) is 6.08 Å². The van der Waals surface area contributed by atoms with Crippen molar-refractivity contribution in [2.75, 3.05) is 40.9 Å². The van der Waals surface area contributed by atoms with Crippen LogP contribution in [0.4, 0.5) is 0 Å². The summed E-state index contributed by atoms with van der Waals surface area (Å²) in [5.74, 6) is -0.197. The largest absolute Gasteiger partial charge is 0.472 e. The first-order chi connectivity index (χ1) is 31.5. The maximum absolute atomic E-state index is 12.9. The van der Waals surface area contributed by atoms with E-state index < -0.39 is 20.0 Å². The quantitative estimate of drug-likeness (QED) is 0.0243. The van der Waals surface area contributed by atoms with Gasteiger partial charge in [0.05, 0.1) is 39.9 Å². The first-order valence-corrected chi connectivity index (χ1v) is 27.6. The zero-order chi connectivity index (χ0) is 47.8. The molecule has 0 rings (SSSR count). The second-order valence-corrected chi connectivity index (χ2v) is 19.9. The van der Waals surface area contributed by atoms with Gasteiger partial charge in [0.25, 0.3) is 0 Å². The van der Waals surface area contributed by atoms with Crippen LogP contribution in [0.3, 0.4) is 0 Å². The zero-order valence-electron chi connectivity index (χ0n) is 42.4. The molecule has 0 aliphatic carbocycles. The van der Waals surface area contributed by atoms with E-state index in [0.29, 0.717) is 17.4 Å². The average Bonchev–Trinajstić information content (AvgIpc) is 3.26. The van der Waals surface area contributed by atoms with Gasteiger partial charge in [0.15, 0.2) is 0 Å². The lowest BCUT2D eigenvalue weighted by molar-refractivity contribution is -0.870. The van der Waals surface area contributed by atoms with Gasteiger partial charge in [-0.1, -0.05) is 201 Å². The minimum absolute atomic E-state index is 0.0491. The zero-order valence-corrected chi connectivity index (χ0v) is 43.3. The van der Waals surface area contributed by atoms with Crippen LogP contribution in [0.2, 0.25) is 0 Å². The van der Waals surface area contributed by atoms with Crippen LogP contribution in [0, 0.1) is 0 Å². The van der Waals surface area contributed by atoms with Crippen LogP contribution in [-0.2, 0) is 18.4 Å². The SMILES string of the molecule is CC/C=C\C/C=C\C/C=C\C/C=C\C/C=C\CCCCCCCCCCCCCCCC(=O)NC(COP(=O)(O)OCC[N+](C)(C)C)C(O)/C=C/CC/C=C/CC/C=C/CCCCCC. The fourth-order valence-corrected chi connectivity index (χ4v) is 7.66. The van der Waals surface area contributed by atoms with Gasteiger partial charge in [-0.15, -0.1) is 0 Å². The summed E-state index contributed by atoms with van der Waals surface area (Å²) in [6.45, 7) is 4.63. The molecule has 0 spiro atoms. The molecule has 1 amide bonds. The molecule has 0 saturated carbocycles. The Morgan fingerprint density at radius 3 is 1.42 bits per heavy atom. The molecule has 3 N–H and O–H groups in total. The van der Waals surface area contributed by atoms with E-state index in [1.165, 1.54) is 103 Å². The Hall–Kier alpha value is -2.58. The molecular formula is C56H100N2O6P+. The number of nitrogens with zero attached hydrogens (tertiary/aromatic N) is 1. The van der Waals surface area contributed by atoms with Crippen LogP contribution < -0.4 is 5.32 Å². The highest BCUT2D eigenvalue weighted by Gasteiger charge is 2.27. The van der Waals surface area contributed by atoms with Crippen LogP contribution in [0.5, 0.6) is 0 Å². The predicted molar refractivity (Wildman–Crippen MR) is 281 cm³/mol. The van der Waals surface area contributed by atoms with Gasteiger partial charge in [-0.2, -0.15) is 0 Å². The number of hydrogen-bond donors (Lipinski definition) is 3. The van der Waals surface area contributed by atoms with Crippen molar-refractivity contribution < 1.29 is 32.9 Å². The number of allylic oxidation sites excluding steroid dienone is 15. The molecule has 8 nitrogen and oxygen atoms in total. The Morgan fingerprint density at radius 1 is 0.538 bits per heavy atom. The fourth-order valence-electron chi connectivity index (χ4n) is 6.92. The molecule has 3 unspecified atom stereocenters. The second kappa shape index (κ2) is 46.5. The lowest BCUT2D eigenvalue weighted by Gasteiger charge is -2.25. The molecule has 65 heavy (non-hydrogen) atoms. The molecule has 0 bridgehead atoms. The third-order valence-electron chi connectivity index (χ3n) is 11.0. The number of phosphoric acid groups is 1. The number of carbonyl (C=O) groups excluding carboxylic acids is 1. The van der Waals surface area contributed by atoms with Crippen molar-refractivity contribution in [3.63, 3.8) is 0 Å². The summed E-state index contributed by atoms with van der Waals surface area (Å²) >= 11 is 0. The summed E-state index contributed by atoms with van der Waals surface area (Å²) in [6.07, 6.45) is 66.4. The number of hydrogen-bond acceptors (Lipinski definition) is 5. The molecular weight excluding hydrogens is 828 g/mol. The standard InChI is InChI=1S/C56H99N2O6P/c1-6-8-10-12-14-16-18-20-22-23-24-25-26-27-28-29-30-31-32-33-34-35-36-38-40-42-44-46-48-50-56(60)57-54(53-64-65(61,62)63-52-51-58(3,4)5)55(59)49-47-45-43-41-39-37-21-19-17-15-13-11-9-7-2/h8,10,14,16-17,19-20,22,24-25,27-28,39,41,47,49,54-55,59H,6-7,9,11-13,15,18,21,23,26,29-38,40,42-46,48,50-53H2,1-5H3,(H-,57,60,61,62)/p+1/b10-8-,16-14-,19-17+,22-20-,25-24-,28-27-,41-39+,49-47+. The van der Waals surface area contributed by atoms with Crippen molar-refractivity contribution in [2.24, 2.45) is 0 Å².